The number of rotatable bonds is 4. The summed E-state index contributed by atoms with van der Waals surface area (Å²) in [6.45, 7) is 2.44. The summed E-state index contributed by atoms with van der Waals surface area (Å²) in [4.78, 5) is 12.6. The van der Waals surface area contributed by atoms with E-state index in [2.05, 4.69) is 11.4 Å². The number of carbonyl (C=O) groups is 1. The van der Waals surface area contributed by atoms with Crippen LogP contribution >= 0.6 is 0 Å². The van der Waals surface area contributed by atoms with E-state index in [1.807, 2.05) is 49.4 Å². The summed E-state index contributed by atoms with van der Waals surface area (Å²) in [5.74, 6) is -0.274. The highest BCUT2D eigenvalue weighted by atomic mass is 32.2. The van der Waals surface area contributed by atoms with Crippen LogP contribution in [0.15, 0.2) is 48.5 Å². The van der Waals surface area contributed by atoms with Gasteiger partial charge in [-0.3, -0.25) is 4.79 Å². The maximum atomic E-state index is 12.6. The number of aryl methyl sites for hydroxylation is 1. The zero-order valence-corrected chi connectivity index (χ0v) is 15.2. The summed E-state index contributed by atoms with van der Waals surface area (Å²) in [6.07, 6.45) is 2.40. The van der Waals surface area contributed by atoms with Crippen LogP contribution in [0.3, 0.4) is 0 Å². The van der Waals surface area contributed by atoms with Crippen molar-refractivity contribution in [3.8, 4) is 11.1 Å². The van der Waals surface area contributed by atoms with E-state index in [0.717, 1.165) is 17.4 Å². The maximum Gasteiger partial charge on any atom is 0.242 e. The predicted octanol–water partition coefficient (Wildman–Crippen LogP) is 3.02. The fraction of sp³-hybridized carbons (Fsp3) is 0.316. The van der Waals surface area contributed by atoms with Crippen LogP contribution in [-0.4, -0.2) is 37.5 Å². The lowest BCUT2D eigenvalue weighted by molar-refractivity contribution is -0.119. The Morgan fingerprint density at radius 2 is 1.80 bits per heavy atom. The third kappa shape index (κ3) is 4.08. The van der Waals surface area contributed by atoms with Gasteiger partial charge in [-0.1, -0.05) is 42.0 Å². The second-order valence-corrected chi connectivity index (χ2v) is 8.41. The molecule has 1 atom stereocenters. The smallest absolute Gasteiger partial charge is 0.242 e. The van der Waals surface area contributed by atoms with Crippen LogP contribution in [0.25, 0.3) is 11.1 Å². The molecule has 6 heteroatoms. The number of amides is 1. The number of hydrogen-bond acceptors (Lipinski definition) is 3. The van der Waals surface area contributed by atoms with Crippen molar-refractivity contribution in [2.24, 2.45) is 0 Å². The molecule has 0 bridgehead atoms. The zero-order valence-electron chi connectivity index (χ0n) is 14.4. The number of nitrogens with one attached hydrogen (secondary N) is 1. The van der Waals surface area contributed by atoms with Gasteiger partial charge in [0.05, 0.1) is 6.26 Å². The Morgan fingerprint density at radius 3 is 2.48 bits per heavy atom. The molecule has 2 aromatic rings. The Morgan fingerprint density at radius 1 is 1.12 bits per heavy atom. The molecular weight excluding hydrogens is 336 g/mol. The molecule has 1 unspecified atom stereocenters. The van der Waals surface area contributed by atoms with Crippen molar-refractivity contribution in [3.63, 3.8) is 0 Å². The summed E-state index contributed by atoms with van der Waals surface area (Å²) in [7, 11) is -3.37. The van der Waals surface area contributed by atoms with E-state index >= 15 is 0 Å². The third-order valence-electron chi connectivity index (χ3n) is 4.41. The van der Waals surface area contributed by atoms with Crippen LogP contribution in [0.1, 0.15) is 18.4 Å². The van der Waals surface area contributed by atoms with Crippen LogP contribution in [0.5, 0.6) is 0 Å². The second-order valence-electron chi connectivity index (χ2n) is 6.47. The van der Waals surface area contributed by atoms with Crippen LogP contribution in [0, 0.1) is 6.92 Å². The molecule has 1 aliphatic heterocycles. The van der Waals surface area contributed by atoms with Crippen LogP contribution in [-0.2, 0) is 14.8 Å². The molecule has 2 aromatic carbocycles. The van der Waals surface area contributed by atoms with E-state index in [4.69, 9.17) is 0 Å². The molecule has 3 rings (SSSR count). The van der Waals surface area contributed by atoms with Gasteiger partial charge in [-0.2, -0.15) is 4.31 Å². The standard InChI is InChI=1S/C19H22N2O3S/c1-14-6-3-7-15(12-14)16-8-4-9-17(13-16)20-19(22)18-10-5-11-21(18)25(2,23)24/h3-4,6-9,12-13,18H,5,10-11H2,1-2H3,(H,20,22). The molecule has 0 spiro atoms. The largest absolute Gasteiger partial charge is 0.325 e. The van der Waals surface area contributed by atoms with Crippen LogP contribution < -0.4 is 5.32 Å². The predicted molar refractivity (Wildman–Crippen MR) is 99.8 cm³/mol. The van der Waals surface area contributed by atoms with E-state index in [1.54, 1.807) is 0 Å². The zero-order chi connectivity index (χ0) is 18.0. The van der Waals surface area contributed by atoms with Crippen LogP contribution in [0.4, 0.5) is 5.69 Å². The molecule has 1 amide bonds. The van der Waals surface area contributed by atoms with Gasteiger partial charge < -0.3 is 5.32 Å². The molecule has 1 N–H and O–H groups in total. The van der Waals surface area contributed by atoms with Gasteiger partial charge in [-0.05, 0) is 43.0 Å². The highest BCUT2D eigenvalue weighted by Gasteiger charge is 2.36. The topological polar surface area (TPSA) is 66.5 Å². The summed E-state index contributed by atoms with van der Waals surface area (Å²) >= 11 is 0. The van der Waals surface area contributed by atoms with E-state index in [-0.39, 0.29) is 5.91 Å². The average Bonchev–Trinajstić information content (AvgIpc) is 3.05. The first kappa shape index (κ1) is 17.6. The fourth-order valence-corrected chi connectivity index (χ4v) is 4.35. The number of hydrogen-bond donors (Lipinski definition) is 1. The molecule has 0 aromatic heterocycles. The normalized spacial score (nSPS) is 18.2. The van der Waals surface area contributed by atoms with Crippen molar-refractivity contribution in [3.05, 3.63) is 54.1 Å². The lowest BCUT2D eigenvalue weighted by atomic mass is 10.0. The lowest BCUT2D eigenvalue weighted by Gasteiger charge is -2.21. The molecule has 0 radical (unpaired) electrons. The summed E-state index contributed by atoms with van der Waals surface area (Å²) in [6, 6.07) is 15.1. The van der Waals surface area contributed by atoms with Gasteiger partial charge in [-0.25, -0.2) is 8.42 Å². The monoisotopic (exact) mass is 358 g/mol. The van der Waals surface area contributed by atoms with E-state index in [9.17, 15) is 13.2 Å². The number of sulfonamides is 1. The van der Waals surface area contributed by atoms with Crippen molar-refractivity contribution >= 4 is 21.6 Å². The molecule has 1 heterocycles. The Labute approximate surface area is 148 Å². The maximum absolute atomic E-state index is 12.6. The van der Waals surface area contributed by atoms with Gasteiger partial charge >= 0.3 is 0 Å². The summed E-state index contributed by atoms with van der Waals surface area (Å²) in [5.41, 5.74) is 3.92. The molecule has 0 aliphatic carbocycles. The van der Waals surface area contributed by atoms with Crippen molar-refractivity contribution in [2.45, 2.75) is 25.8 Å². The SMILES string of the molecule is Cc1cccc(-c2cccc(NC(=O)C3CCCN3S(C)(=O)=O)c2)c1. The van der Waals surface area contributed by atoms with Crippen LogP contribution in [0.2, 0.25) is 0 Å². The van der Waals surface area contributed by atoms with Crippen molar-refractivity contribution in [1.82, 2.24) is 4.31 Å². The Hall–Kier alpha value is -2.18. The van der Waals surface area contributed by atoms with E-state index < -0.39 is 16.1 Å². The lowest BCUT2D eigenvalue weighted by Crippen LogP contribution is -2.42. The molecule has 25 heavy (non-hydrogen) atoms. The van der Waals surface area contributed by atoms with Crippen molar-refractivity contribution in [1.29, 1.82) is 0 Å². The number of benzene rings is 2. The summed E-state index contributed by atoms with van der Waals surface area (Å²) < 4.78 is 24.9. The average molecular weight is 358 g/mol. The number of nitrogens with zero attached hydrogens (tertiary/aromatic N) is 1. The van der Waals surface area contributed by atoms with Crippen molar-refractivity contribution < 1.29 is 13.2 Å². The molecule has 5 nitrogen and oxygen atoms in total. The van der Waals surface area contributed by atoms with Gasteiger partial charge in [0.1, 0.15) is 6.04 Å². The van der Waals surface area contributed by atoms with Gasteiger partial charge in [0.15, 0.2) is 0 Å². The van der Waals surface area contributed by atoms with Gasteiger partial charge in [0.2, 0.25) is 15.9 Å². The van der Waals surface area contributed by atoms with Gasteiger partial charge in [0.25, 0.3) is 0 Å². The summed E-state index contributed by atoms with van der Waals surface area (Å²) in [5, 5.41) is 2.87. The number of carbonyl (C=O) groups excluding carboxylic acids is 1. The quantitative estimate of drug-likeness (QED) is 0.913. The fourth-order valence-electron chi connectivity index (χ4n) is 3.23. The molecular formula is C19H22N2O3S. The van der Waals surface area contributed by atoms with Gasteiger partial charge in [0, 0.05) is 12.2 Å². The Kier molecular flexibility index (Phi) is 4.92. The minimum Gasteiger partial charge on any atom is -0.325 e. The first-order valence-corrected chi connectivity index (χ1v) is 10.1. The molecule has 0 saturated carbocycles. The first-order valence-electron chi connectivity index (χ1n) is 8.29. The molecule has 132 valence electrons. The minimum absolute atomic E-state index is 0.274. The second kappa shape index (κ2) is 6.98. The van der Waals surface area contributed by atoms with Gasteiger partial charge in [-0.15, -0.1) is 0 Å². The highest BCUT2D eigenvalue weighted by molar-refractivity contribution is 7.88. The Bertz CT molecular complexity index is 893. The third-order valence-corrected chi connectivity index (χ3v) is 5.70. The molecule has 1 aliphatic rings. The van der Waals surface area contributed by atoms with Crippen molar-refractivity contribution in [2.75, 3.05) is 18.1 Å². The highest BCUT2D eigenvalue weighted by Crippen LogP contribution is 2.25. The van der Waals surface area contributed by atoms with E-state index in [0.29, 0.717) is 25.1 Å². The molecule has 1 saturated heterocycles. The van der Waals surface area contributed by atoms with E-state index in [1.165, 1.54) is 9.87 Å². The molecule has 1 fully saturated rings. The minimum atomic E-state index is -3.37. The number of anilines is 1. The first-order chi connectivity index (χ1) is 11.8. The Balaban J connectivity index is 1.79.